The van der Waals surface area contributed by atoms with Crippen molar-refractivity contribution >= 4 is 23.2 Å². The maximum absolute atomic E-state index is 13.0. The third kappa shape index (κ3) is 3.73. The van der Waals surface area contributed by atoms with E-state index in [1.807, 2.05) is 17.8 Å². The minimum atomic E-state index is -2.63. The summed E-state index contributed by atoms with van der Waals surface area (Å²) in [7, 11) is 0. The smallest absolute Gasteiger partial charge is 0.282 e. The number of hydrogen-bond donors (Lipinski definition) is 0. The summed E-state index contributed by atoms with van der Waals surface area (Å²) in [6.45, 7) is 1.93. The molecule has 1 fully saturated rings. The minimum Gasteiger partial charge on any atom is -0.356 e. The first-order valence-corrected chi connectivity index (χ1v) is 10.2. The number of piperidine rings is 1. The minimum absolute atomic E-state index is 0.285. The molecule has 9 heteroatoms. The standard InChI is InChI=1S/C18H20F2N6S/c1-27-10-12-3-2-6-25(9-12)17-7-14(22-11-23-17)15-8-21-16-5-4-13(18(19)20)24-26(15)16/h4-5,7-8,11-12,18H,2-3,6,9-10H2,1H3. The number of nitrogens with zero attached hydrogens (tertiary/aromatic N) is 6. The molecule has 1 saturated heterocycles. The highest BCUT2D eigenvalue weighted by atomic mass is 32.2. The van der Waals surface area contributed by atoms with Gasteiger partial charge in [0.15, 0.2) is 5.65 Å². The first-order valence-electron chi connectivity index (χ1n) is 8.85. The topological polar surface area (TPSA) is 59.2 Å². The van der Waals surface area contributed by atoms with Crippen LogP contribution < -0.4 is 4.90 Å². The molecule has 27 heavy (non-hydrogen) atoms. The molecule has 6 nitrogen and oxygen atoms in total. The summed E-state index contributed by atoms with van der Waals surface area (Å²) in [5.74, 6) is 2.64. The van der Waals surface area contributed by atoms with Gasteiger partial charge in [-0.3, -0.25) is 0 Å². The van der Waals surface area contributed by atoms with Gasteiger partial charge in [-0.25, -0.2) is 28.2 Å². The maximum atomic E-state index is 13.0. The molecule has 0 saturated carbocycles. The first kappa shape index (κ1) is 18.1. The molecule has 3 aromatic heterocycles. The Labute approximate surface area is 160 Å². The van der Waals surface area contributed by atoms with Crippen molar-refractivity contribution in [1.29, 1.82) is 0 Å². The Balaban J connectivity index is 1.66. The van der Waals surface area contributed by atoms with Crippen LogP contribution in [0.2, 0.25) is 0 Å². The number of alkyl halides is 2. The van der Waals surface area contributed by atoms with Crippen molar-refractivity contribution in [2.45, 2.75) is 19.3 Å². The van der Waals surface area contributed by atoms with Crippen LogP contribution in [0, 0.1) is 5.92 Å². The highest BCUT2D eigenvalue weighted by molar-refractivity contribution is 7.98. The van der Waals surface area contributed by atoms with E-state index in [2.05, 4.69) is 31.2 Å². The average Bonchev–Trinajstić information content (AvgIpc) is 3.12. The Hall–Kier alpha value is -2.29. The van der Waals surface area contributed by atoms with Crippen LogP contribution in [0.25, 0.3) is 17.0 Å². The number of imidazole rings is 1. The second-order valence-corrected chi connectivity index (χ2v) is 7.55. The van der Waals surface area contributed by atoms with Gasteiger partial charge >= 0.3 is 0 Å². The average molecular weight is 390 g/mol. The lowest BCUT2D eigenvalue weighted by Crippen LogP contribution is -2.36. The lowest BCUT2D eigenvalue weighted by Gasteiger charge is -2.33. The van der Waals surface area contributed by atoms with E-state index < -0.39 is 6.43 Å². The molecule has 0 spiro atoms. The van der Waals surface area contributed by atoms with Crippen molar-refractivity contribution in [1.82, 2.24) is 24.6 Å². The molecule has 4 rings (SSSR count). The molecule has 0 N–H and O–H groups in total. The highest BCUT2D eigenvalue weighted by Crippen LogP contribution is 2.27. The third-order valence-electron chi connectivity index (χ3n) is 4.77. The highest BCUT2D eigenvalue weighted by Gasteiger charge is 2.21. The third-order valence-corrected chi connectivity index (χ3v) is 5.57. The van der Waals surface area contributed by atoms with E-state index in [4.69, 9.17) is 0 Å². The second kappa shape index (κ2) is 7.75. The van der Waals surface area contributed by atoms with Crippen molar-refractivity contribution in [3.05, 3.63) is 36.4 Å². The fourth-order valence-electron chi connectivity index (χ4n) is 3.48. The molecular formula is C18H20F2N6S. The van der Waals surface area contributed by atoms with Crippen molar-refractivity contribution in [3.8, 4) is 11.4 Å². The van der Waals surface area contributed by atoms with E-state index in [1.165, 1.54) is 29.4 Å². The lowest BCUT2D eigenvalue weighted by atomic mass is 10.00. The Morgan fingerprint density at radius 2 is 2.15 bits per heavy atom. The molecule has 0 radical (unpaired) electrons. The molecule has 1 unspecified atom stereocenters. The van der Waals surface area contributed by atoms with Gasteiger partial charge in [0, 0.05) is 19.2 Å². The normalized spacial score (nSPS) is 17.8. The Kier molecular flexibility index (Phi) is 5.20. The summed E-state index contributed by atoms with van der Waals surface area (Å²) < 4.78 is 27.4. The summed E-state index contributed by atoms with van der Waals surface area (Å²) in [6.07, 6.45) is 5.00. The van der Waals surface area contributed by atoms with E-state index in [-0.39, 0.29) is 5.69 Å². The zero-order valence-electron chi connectivity index (χ0n) is 14.9. The predicted molar refractivity (Wildman–Crippen MR) is 102 cm³/mol. The fraction of sp³-hybridized carbons (Fsp3) is 0.444. The molecule has 1 aliphatic rings. The maximum Gasteiger partial charge on any atom is 0.282 e. The fourth-order valence-corrected chi connectivity index (χ4v) is 4.23. The quantitative estimate of drug-likeness (QED) is 0.662. The lowest BCUT2D eigenvalue weighted by molar-refractivity contribution is 0.144. The number of anilines is 1. The summed E-state index contributed by atoms with van der Waals surface area (Å²) in [6, 6.07) is 4.72. The summed E-state index contributed by atoms with van der Waals surface area (Å²) >= 11 is 1.87. The van der Waals surface area contributed by atoms with Crippen LogP contribution in [-0.2, 0) is 0 Å². The monoisotopic (exact) mass is 390 g/mol. The van der Waals surface area contributed by atoms with Crippen LogP contribution in [0.4, 0.5) is 14.6 Å². The molecule has 3 aromatic rings. The van der Waals surface area contributed by atoms with Crippen LogP contribution in [0.5, 0.6) is 0 Å². The number of halogens is 2. The van der Waals surface area contributed by atoms with E-state index in [9.17, 15) is 8.78 Å². The van der Waals surface area contributed by atoms with Crippen LogP contribution >= 0.6 is 11.8 Å². The molecular weight excluding hydrogens is 370 g/mol. The van der Waals surface area contributed by atoms with E-state index in [1.54, 1.807) is 6.20 Å². The Morgan fingerprint density at radius 3 is 2.96 bits per heavy atom. The molecule has 1 aliphatic heterocycles. The molecule has 1 atom stereocenters. The summed E-state index contributed by atoms with van der Waals surface area (Å²) in [5.41, 5.74) is 1.42. The van der Waals surface area contributed by atoms with Gasteiger partial charge in [0.05, 0.1) is 11.9 Å². The molecule has 0 amide bonds. The second-order valence-electron chi connectivity index (χ2n) is 6.64. The number of aromatic nitrogens is 5. The van der Waals surface area contributed by atoms with Crippen LogP contribution in [0.15, 0.2) is 30.7 Å². The number of hydrogen-bond acceptors (Lipinski definition) is 6. The van der Waals surface area contributed by atoms with Crippen molar-refractivity contribution in [2.75, 3.05) is 30.0 Å². The van der Waals surface area contributed by atoms with Gasteiger partial charge in [0.25, 0.3) is 6.43 Å². The Bertz CT molecular complexity index is 929. The molecule has 0 bridgehead atoms. The first-order chi connectivity index (χ1) is 13.2. The number of thioether (sulfide) groups is 1. The van der Waals surface area contributed by atoms with Gasteiger partial charge < -0.3 is 4.90 Å². The van der Waals surface area contributed by atoms with E-state index >= 15 is 0 Å². The van der Waals surface area contributed by atoms with Gasteiger partial charge in [-0.15, -0.1) is 0 Å². The van der Waals surface area contributed by atoms with Crippen LogP contribution in [-0.4, -0.2) is 49.7 Å². The largest absolute Gasteiger partial charge is 0.356 e. The van der Waals surface area contributed by atoms with Crippen molar-refractivity contribution < 1.29 is 8.78 Å². The molecule has 0 aromatic carbocycles. The number of fused-ring (bicyclic) bond motifs is 1. The zero-order valence-corrected chi connectivity index (χ0v) is 15.7. The van der Waals surface area contributed by atoms with Gasteiger partial charge in [0.2, 0.25) is 0 Å². The predicted octanol–water partition coefficient (Wildman–Crippen LogP) is 3.70. The van der Waals surface area contributed by atoms with Crippen LogP contribution in [0.3, 0.4) is 0 Å². The van der Waals surface area contributed by atoms with E-state index in [0.29, 0.717) is 23.0 Å². The van der Waals surface area contributed by atoms with Crippen molar-refractivity contribution in [3.63, 3.8) is 0 Å². The van der Waals surface area contributed by atoms with Gasteiger partial charge in [-0.05, 0) is 42.9 Å². The molecule has 142 valence electrons. The molecule has 0 aliphatic carbocycles. The molecule has 4 heterocycles. The number of rotatable bonds is 5. The van der Waals surface area contributed by atoms with Gasteiger partial charge in [-0.2, -0.15) is 16.9 Å². The summed E-state index contributed by atoms with van der Waals surface area (Å²) in [5, 5.41) is 4.02. The Morgan fingerprint density at radius 1 is 1.26 bits per heavy atom. The van der Waals surface area contributed by atoms with Crippen LogP contribution in [0.1, 0.15) is 25.0 Å². The summed E-state index contributed by atoms with van der Waals surface area (Å²) in [4.78, 5) is 15.3. The van der Waals surface area contributed by atoms with Crippen molar-refractivity contribution in [2.24, 2.45) is 5.92 Å². The van der Waals surface area contributed by atoms with Gasteiger partial charge in [-0.1, -0.05) is 0 Å². The SMILES string of the molecule is CSCC1CCCN(c2cc(-c3cnc4ccc(C(F)F)nn34)ncn2)C1. The van der Waals surface area contributed by atoms with Gasteiger partial charge in [0.1, 0.15) is 23.5 Å². The zero-order chi connectivity index (χ0) is 18.8. The van der Waals surface area contributed by atoms with E-state index in [0.717, 1.165) is 31.1 Å².